The molecule has 0 saturated heterocycles. The molecular weight excluding hydrogens is 394 g/mol. The van der Waals surface area contributed by atoms with Crippen LogP contribution in [0.25, 0.3) is 0 Å². The first kappa shape index (κ1) is 16.9. The van der Waals surface area contributed by atoms with Crippen molar-refractivity contribution in [3.63, 3.8) is 0 Å². The molecule has 0 aromatic carbocycles. The van der Waals surface area contributed by atoms with Gasteiger partial charge >= 0.3 is 0 Å². The van der Waals surface area contributed by atoms with Gasteiger partial charge in [0, 0.05) is 11.4 Å². The van der Waals surface area contributed by atoms with E-state index in [9.17, 15) is 8.42 Å². The van der Waals surface area contributed by atoms with Crippen LogP contribution in [0, 0.1) is 6.92 Å². The predicted molar refractivity (Wildman–Crippen MR) is 91.8 cm³/mol. The molecule has 0 amide bonds. The maximum Gasteiger partial charge on any atom is 0.273 e. The van der Waals surface area contributed by atoms with Crippen LogP contribution in [-0.2, 0) is 10.0 Å². The van der Waals surface area contributed by atoms with Gasteiger partial charge in [-0.05, 0) is 48.0 Å². The first-order valence-corrected chi connectivity index (χ1v) is 10.3. The Labute approximate surface area is 141 Å². The smallest absolute Gasteiger partial charge is 0.273 e. The molecule has 2 N–H and O–H groups in total. The standard InChI is InChI=1S/C12H16BrN3O2S3/c1-4-14-8(3)9-6-19-12(15-9)16-21(17,18)10-5-7(2)11(13)20-10/h5-6,8,14H,4H2,1-3H3,(H,15,16). The van der Waals surface area contributed by atoms with Crippen LogP contribution in [0.5, 0.6) is 0 Å². The van der Waals surface area contributed by atoms with Crippen molar-refractivity contribution in [2.24, 2.45) is 0 Å². The molecule has 2 aromatic heterocycles. The number of hydrogen-bond acceptors (Lipinski definition) is 6. The lowest BCUT2D eigenvalue weighted by Crippen LogP contribution is -2.18. The van der Waals surface area contributed by atoms with Crippen molar-refractivity contribution < 1.29 is 8.42 Å². The summed E-state index contributed by atoms with van der Waals surface area (Å²) in [5.74, 6) is 0. The molecule has 5 nitrogen and oxygen atoms in total. The Kier molecular flexibility index (Phi) is 5.42. The second-order valence-corrected chi connectivity index (χ2v) is 9.62. The highest BCUT2D eigenvalue weighted by Gasteiger charge is 2.20. The average molecular weight is 410 g/mol. The Morgan fingerprint density at radius 3 is 2.76 bits per heavy atom. The zero-order valence-electron chi connectivity index (χ0n) is 11.8. The third-order valence-corrected chi connectivity index (χ3v) is 7.65. The average Bonchev–Trinajstić information content (AvgIpc) is 2.98. The number of thiophene rings is 1. The summed E-state index contributed by atoms with van der Waals surface area (Å²) in [6.45, 7) is 6.71. The zero-order chi connectivity index (χ0) is 15.6. The summed E-state index contributed by atoms with van der Waals surface area (Å²) < 4.78 is 28.2. The fourth-order valence-electron chi connectivity index (χ4n) is 1.67. The topological polar surface area (TPSA) is 71.1 Å². The second-order valence-electron chi connectivity index (χ2n) is 4.48. The van der Waals surface area contributed by atoms with Gasteiger partial charge in [0.15, 0.2) is 5.13 Å². The Morgan fingerprint density at radius 2 is 2.19 bits per heavy atom. The zero-order valence-corrected chi connectivity index (χ0v) is 15.8. The normalized spacial score (nSPS) is 13.3. The first-order valence-electron chi connectivity index (χ1n) is 6.31. The van der Waals surface area contributed by atoms with E-state index in [1.165, 1.54) is 22.7 Å². The molecule has 0 spiro atoms. The largest absolute Gasteiger partial charge is 0.309 e. The summed E-state index contributed by atoms with van der Waals surface area (Å²) in [6.07, 6.45) is 0. The molecule has 2 heterocycles. The summed E-state index contributed by atoms with van der Waals surface area (Å²) in [4.78, 5) is 4.33. The third-order valence-electron chi connectivity index (χ3n) is 2.80. The van der Waals surface area contributed by atoms with Gasteiger partial charge in [-0.25, -0.2) is 13.4 Å². The molecule has 0 aliphatic carbocycles. The molecule has 0 bridgehead atoms. The van der Waals surface area contributed by atoms with Crippen LogP contribution in [0.2, 0.25) is 0 Å². The maximum atomic E-state index is 12.3. The summed E-state index contributed by atoms with van der Waals surface area (Å²) in [5, 5.41) is 5.49. The summed E-state index contributed by atoms with van der Waals surface area (Å²) in [5.41, 5.74) is 1.74. The molecule has 0 radical (unpaired) electrons. The van der Waals surface area contributed by atoms with Crippen LogP contribution in [0.1, 0.15) is 31.1 Å². The molecule has 9 heteroatoms. The van der Waals surface area contributed by atoms with Gasteiger partial charge in [-0.1, -0.05) is 6.92 Å². The predicted octanol–water partition coefficient (Wildman–Crippen LogP) is 3.75. The minimum Gasteiger partial charge on any atom is -0.309 e. The summed E-state index contributed by atoms with van der Waals surface area (Å²) >= 11 is 5.82. The van der Waals surface area contributed by atoms with Crippen molar-refractivity contribution in [1.29, 1.82) is 0 Å². The number of hydrogen-bond donors (Lipinski definition) is 2. The van der Waals surface area contributed by atoms with Gasteiger partial charge in [-0.3, -0.25) is 4.72 Å². The number of aryl methyl sites for hydroxylation is 1. The van der Waals surface area contributed by atoms with E-state index in [1.54, 1.807) is 6.07 Å². The SMILES string of the molecule is CCNC(C)c1csc(NS(=O)(=O)c2cc(C)c(Br)s2)n1. The minimum absolute atomic E-state index is 0.0997. The molecule has 2 aromatic rings. The third kappa shape index (κ3) is 4.04. The molecule has 0 fully saturated rings. The highest BCUT2D eigenvalue weighted by Crippen LogP contribution is 2.32. The molecule has 0 aliphatic heterocycles. The highest BCUT2D eigenvalue weighted by molar-refractivity contribution is 9.11. The number of sulfonamides is 1. The number of aromatic nitrogens is 1. The van der Waals surface area contributed by atoms with Gasteiger partial charge in [-0.15, -0.1) is 22.7 Å². The molecule has 0 aliphatic rings. The maximum absolute atomic E-state index is 12.3. The van der Waals surface area contributed by atoms with Gasteiger partial charge < -0.3 is 5.32 Å². The molecule has 116 valence electrons. The number of anilines is 1. The Bertz CT molecular complexity index is 704. The van der Waals surface area contributed by atoms with Crippen LogP contribution in [0.15, 0.2) is 19.4 Å². The number of rotatable bonds is 6. The van der Waals surface area contributed by atoms with Crippen molar-refractivity contribution in [3.8, 4) is 0 Å². The van der Waals surface area contributed by atoms with E-state index in [0.29, 0.717) is 5.13 Å². The second kappa shape index (κ2) is 6.74. The number of thiazole rings is 1. The van der Waals surface area contributed by atoms with E-state index in [0.717, 1.165) is 21.6 Å². The van der Waals surface area contributed by atoms with Crippen LogP contribution in [-0.4, -0.2) is 19.9 Å². The molecule has 0 saturated carbocycles. The summed E-state index contributed by atoms with van der Waals surface area (Å²) in [7, 11) is -3.57. The van der Waals surface area contributed by atoms with E-state index < -0.39 is 10.0 Å². The van der Waals surface area contributed by atoms with Crippen LogP contribution >= 0.6 is 38.6 Å². The lowest BCUT2D eigenvalue weighted by atomic mass is 10.3. The summed E-state index contributed by atoms with van der Waals surface area (Å²) in [6, 6.07) is 1.75. The van der Waals surface area contributed by atoms with E-state index >= 15 is 0 Å². The van der Waals surface area contributed by atoms with Crippen molar-refractivity contribution in [2.45, 2.75) is 31.0 Å². The van der Waals surface area contributed by atoms with Crippen LogP contribution in [0.3, 0.4) is 0 Å². The van der Waals surface area contributed by atoms with Gasteiger partial charge in [0.2, 0.25) is 0 Å². The monoisotopic (exact) mass is 409 g/mol. The van der Waals surface area contributed by atoms with Crippen molar-refractivity contribution in [3.05, 3.63) is 26.5 Å². The lowest BCUT2D eigenvalue weighted by molar-refractivity contribution is 0.586. The van der Waals surface area contributed by atoms with Gasteiger partial charge in [0.25, 0.3) is 10.0 Å². The van der Waals surface area contributed by atoms with E-state index in [1.807, 2.05) is 26.2 Å². The van der Waals surface area contributed by atoms with E-state index in [2.05, 4.69) is 31.0 Å². The molecule has 21 heavy (non-hydrogen) atoms. The number of halogens is 1. The Morgan fingerprint density at radius 1 is 1.48 bits per heavy atom. The number of nitrogens with one attached hydrogen (secondary N) is 2. The van der Waals surface area contributed by atoms with Gasteiger partial charge in [-0.2, -0.15) is 0 Å². The van der Waals surface area contributed by atoms with Crippen molar-refractivity contribution >= 4 is 53.8 Å². The first-order chi connectivity index (χ1) is 9.83. The Balaban J connectivity index is 2.17. The van der Waals surface area contributed by atoms with Crippen molar-refractivity contribution in [2.75, 3.05) is 11.3 Å². The lowest BCUT2D eigenvalue weighted by Gasteiger charge is -2.08. The molecule has 2 rings (SSSR count). The van der Waals surface area contributed by atoms with E-state index in [-0.39, 0.29) is 10.3 Å². The fourth-order valence-corrected chi connectivity index (χ4v) is 5.95. The highest BCUT2D eigenvalue weighted by atomic mass is 79.9. The van der Waals surface area contributed by atoms with Crippen LogP contribution < -0.4 is 10.0 Å². The molecular formula is C12H16BrN3O2S3. The van der Waals surface area contributed by atoms with Crippen molar-refractivity contribution in [1.82, 2.24) is 10.3 Å². The van der Waals surface area contributed by atoms with Gasteiger partial charge in [0.05, 0.1) is 9.48 Å². The van der Waals surface area contributed by atoms with E-state index in [4.69, 9.17) is 0 Å². The number of nitrogens with zero attached hydrogens (tertiary/aromatic N) is 1. The minimum atomic E-state index is -3.57. The molecule has 1 atom stereocenters. The molecule has 1 unspecified atom stereocenters. The quantitative estimate of drug-likeness (QED) is 0.761. The van der Waals surface area contributed by atoms with Crippen LogP contribution in [0.4, 0.5) is 5.13 Å². The Hall–Kier alpha value is -0.480. The van der Waals surface area contributed by atoms with Gasteiger partial charge in [0.1, 0.15) is 4.21 Å². The fraction of sp³-hybridized carbons (Fsp3) is 0.417.